The molecule has 2 aliphatic rings. The van der Waals surface area contributed by atoms with Crippen LogP contribution in [0.3, 0.4) is 0 Å². The minimum atomic E-state index is -0.489. The number of allylic oxidation sites excluding steroid dienone is 6. The third-order valence-corrected chi connectivity index (χ3v) is 2.31. The standard InChI is InChI=1S/C12H13NO/c14-12(10-6-3-4-7-10)11-8-2-1-5-9-13-11/h1-10,12-14H. The molecule has 1 unspecified atom stereocenters. The zero-order valence-corrected chi connectivity index (χ0v) is 7.80. The molecule has 0 saturated heterocycles. The Morgan fingerprint density at radius 2 is 1.86 bits per heavy atom. The quantitative estimate of drug-likeness (QED) is 0.689. The number of aliphatic hydroxyl groups is 1. The molecule has 0 radical (unpaired) electrons. The van der Waals surface area contributed by atoms with Gasteiger partial charge in [0.2, 0.25) is 0 Å². The molecule has 2 nitrogen and oxygen atoms in total. The van der Waals surface area contributed by atoms with Crippen LogP contribution < -0.4 is 5.32 Å². The number of aliphatic hydroxyl groups excluding tert-OH is 1. The molecule has 0 bridgehead atoms. The Bertz CT molecular complexity index is 335. The molecule has 0 saturated carbocycles. The van der Waals surface area contributed by atoms with Crippen molar-refractivity contribution in [2.75, 3.05) is 0 Å². The summed E-state index contributed by atoms with van der Waals surface area (Å²) in [5, 5.41) is 13.1. The van der Waals surface area contributed by atoms with Crippen molar-refractivity contribution < 1.29 is 5.11 Å². The fraction of sp³-hybridized carbons (Fsp3) is 0.167. The van der Waals surface area contributed by atoms with E-state index in [-0.39, 0.29) is 5.92 Å². The lowest BCUT2D eigenvalue weighted by atomic mass is 10.0. The van der Waals surface area contributed by atoms with Crippen LogP contribution in [0.25, 0.3) is 0 Å². The predicted octanol–water partition coefficient (Wildman–Crippen LogP) is 1.65. The van der Waals surface area contributed by atoms with Gasteiger partial charge in [-0.3, -0.25) is 0 Å². The second-order valence-electron chi connectivity index (χ2n) is 3.30. The smallest absolute Gasteiger partial charge is 0.103 e. The minimum absolute atomic E-state index is 0.0913. The second-order valence-corrected chi connectivity index (χ2v) is 3.30. The summed E-state index contributed by atoms with van der Waals surface area (Å²) in [5.74, 6) is 0.0913. The number of hydrogen-bond acceptors (Lipinski definition) is 2. The van der Waals surface area contributed by atoms with Gasteiger partial charge in [-0.1, -0.05) is 36.5 Å². The molecule has 2 rings (SSSR count). The third kappa shape index (κ3) is 1.86. The van der Waals surface area contributed by atoms with E-state index in [9.17, 15) is 5.11 Å². The topological polar surface area (TPSA) is 32.3 Å². The summed E-state index contributed by atoms with van der Waals surface area (Å²) in [6, 6.07) is 0. The van der Waals surface area contributed by atoms with E-state index >= 15 is 0 Å². The van der Waals surface area contributed by atoms with Crippen LogP contribution >= 0.6 is 0 Å². The first-order valence-corrected chi connectivity index (χ1v) is 4.71. The predicted molar refractivity (Wildman–Crippen MR) is 57.3 cm³/mol. The van der Waals surface area contributed by atoms with Gasteiger partial charge in [0, 0.05) is 17.8 Å². The lowest BCUT2D eigenvalue weighted by Gasteiger charge is -2.18. The zero-order chi connectivity index (χ0) is 9.80. The van der Waals surface area contributed by atoms with E-state index in [1.165, 1.54) is 0 Å². The summed E-state index contributed by atoms with van der Waals surface area (Å²) in [6.07, 6.45) is 16.9. The minimum Gasteiger partial charge on any atom is -0.386 e. The molecule has 2 N–H and O–H groups in total. The van der Waals surface area contributed by atoms with Crippen LogP contribution in [0, 0.1) is 5.92 Å². The highest BCUT2D eigenvalue weighted by atomic mass is 16.3. The maximum Gasteiger partial charge on any atom is 0.103 e. The fourth-order valence-electron chi connectivity index (χ4n) is 1.52. The monoisotopic (exact) mass is 187 g/mol. The lowest BCUT2D eigenvalue weighted by molar-refractivity contribution is 0.180. The van der Waals surface area contributed by atoms with E-state index in [1.54, 1.807) is 0 Å². The van der Waals surface area contributed by atoms with Gasteiger partial charge >= 0.3 is 0 Å². The van der Waals surface area contributed by atoms with Crippen molar-refractivity contribution in [1.82, 2.24) is 5.32 Å². The van der Waals surface area contributed by atoms with Gasteiger partial charge in [-0.05, 0) is 12.2 Å². The molecule has 0 amide bonds. The Morgan fingerprint density at radius 3 is 2.64 bits per heavy atom. The van der Waals surface area contributed by atoms with Gasteiger partial charge in [0.25, 0.3) is 0 Å². The second kappa shape index (κ2) is 4.11. The summed E-state index contributed by atoms with van der Waals surface area (Å²) in [4.78, 5) is 0. The first-order valence-electron chi connectivity index (χ1n) is 4.71. The average Bonchev–Trinajstić information content (AvgIpc) is 2.59. The molecule has 1 heterocycles. The number of rotatable bonds is 2. The largest absolute Gasteiger partial charge is 0.386 e. The molecule has 1 atom stereocenters. The van der Waals surface area contributed by atoms with Gasteiger partial charge in [-0.25, -0.2) is 0 Å². The SMILES string of the molecule is OC(C1=CC=CC=CN1)C1C=CC=C1. The van der Waals surface area contributed by atoms with Crippen LogP contribution in [0.15, 0.2) is 60.5 Å². The Kier molecular flexibility index (Phi) is 2.65. The van der Waals surface area contributed by atoms with E-state index in [0.29, 0.717) is 0 Å². The summed E-state index contributed by atoms with van der Waals surface area (Å²) in [7, 11) is 0. The van der Waals surface area contributed by atoms with Gasteiger partial charge in [-0.15, -0.1) is 0 Å². The van der Waals surface area contributed by atoms with E-state index in [0.717, 1.165) is 5.70 Å². The van der Waals surface area contributed by atoms with E-state index in [4.69, 9.17) is 0 Å². The number of nitrogens with one attached hydrogen (secondary N) is 1. The van der Waals surface area contributed by atoms with Gasteiger partial charge in [0.1, 0.15) is 6.10 Å². The van der Waals surface area contributed by atoms with E-state index in [1.807, 2.05) is 54.8 Å². The van der Waals surface area contributed by atoms with Gasteiger partial charge < -0.3 is 10.4 Å². The Morgan fingerprint density at radius 1 is 1.07 bits per heavy atom. The molecular formula is C12H13NO. The highest BCUT2D eigenvalue weighted by Crippen LogP contribution is 2.18. The first-order chi connectivity index (χ1) is 6.88. The molecule has 0 aromatic rings. The van der Waals surface area contributed by atoms with Crippen molar-refractivity contribution in [3.63, 3.8) is 0 Å². The molecule has 0 spiro atoms. The Labute approximate surface area is 83.6 Å². The van der Waals surface area contributed by atoms with E-state index < -0.39 is 6.10 Å². The fourth-order valence-corrected chi connectivity index (χ4v) is 1.52. The maximum atomic E-state index is 10.00. The molecule has 0 aromatic carbocycles. The zero-order valence-electron chi connectivity index (χ0n) is 7.80. The van der Waals surface area contributed by atoms with Gasteiger partial charge in [0.05, 0.1) is 0 Å². The molecule has 1 aliphatic carbocycles. The lowest BCUT2D eigenvalue weighted by Crippen LogP contribution is -2.25. The van der Waals surface area contributed by atoms with Crippen LogP contribution in [0.1, 0.15) is 0 Å². The van der Waals surface area contributed by atoms with Gasteiger partial charge in [0.15, 0.2) is 0 Å². The number of hydrogen-bond donors (Lipinski definition) is 2. The van der Waals surface area contributed by atoms with Crippen molar-refractivity contribution in [3.05, 3.63) is 60.5 Å². The molecular weight excluding hydrogens is 174 g/mol. The maximum absolute atomic E-state index is 10.00. The van der Waals surface area contributed by atoms with Crippen LogP contribution in [0.4, 0.5) is 0 Å². The van der Waals surface area contributed by atoms with Crippen LogP contribution in [0.5, 0.6) is 0 Å². The Hall–Kier alpha value is -1.54. The summed E-state index contributed by atoms with van der Waals surface area (Å²) >= 11 is 0. The molecule has 1 aliphatic heterocycles. The molecule has 0 fully saturated rings. The van der Waals surface area contributed by atoms with Crippen LogP contribution in [-0.2, 0) is 0 Å². The van der Waals surface area contributed by atoms with Crippen molar-refractivity contribution in [3.8, 4) is 0 Å². The average molecular weight is 187 g/mol. The highest BCUT2D eigenvalue weighted by molar-refractivity contribution is 5.28. The first kappa shape index (κ1) is 9.03. The summed E-state index contributed by atoms with van der Waals surface area (Å²) in [6.45, 7) is 0. The Balaban J connectivity index is 2.10. The molecule has 72 valence electrons. The van der Waals surface area contributed by atoms with Crippen LogP contribution in [0.2, 0.25) is 0 Å². The summed E-state index contributed by atoms with van der Waals surface area (Å²) < 4.78 is 0. The molecule has 2 heteroatoms. The summed E-state index contributed by atoms with van der Waals surface area (Å²) in [5.41, 5.74) is 0.830. The van der Waals surface area contributed by atoms with E-state index in [2.05, 4.69) is 5.32 Å². The molecule has 0 aromatic heterocycles. The van der Waals surface area contributed by atoms with Crippen molar-refractivity contribution in [2.24, 2.45) is 5.92 Å². The molecule has 14 heavy (non-hydrogen) atoms. The highest BCUT2D eigenvalue weighted by Gasteiger charge is 2.19. The van der Waals surface area contributed by atoms with Crippen molar-refractivity contribution in [2.45, 2.75) is 6.10 Å². The van der Waals surface area contributed by atoms with Crippen molar-refractivity contribution >= 4 is 0 Å². The van der Waals surface area contributed by atoms with Crippen LogP contribution in [-0.4, -0.2) is 11.2 Å². The third-order valence-electron chi connectivity index (χ3n) is 2.31. The normalized spacial score (nSPS) is 21.9. The van der Waals surface area contributed by atoms with Crippen molar-refractivity contribution in [1.29, 1.82) is 0 Å². The van der Waals surface area contributed by atoms with Gasteiger partial charge in [-0.2, -0.15) is 0 Å².